The third-order valence-electron chi connectivity index (χ3n) is 5.63. The lowest BCUT2D eigenvalue weighted by atomic mass is 9.84. The number of amidine groups is 1. The van der Waals surface area contributed by atoms with Crippen molar-refractivity contribution < 1.29 is 0 Å². The Morgan fingerprint density at radius 3 is 2.47 bits per heavy atom. The first-order valence-corrected chi connectivity index (χ1v) is 9.06. The van der Waals surface area contributed by atoms with Crippen LogP contribution in [0.25, 0.3) is 0 Å². The van der Waals surface area contributed by atoms with Crippen molar-refractivity contribution in [2.75, 3.05) is 12.3 Å². The first kappa shape index (κ1) is 15.2. The molecule has 0 radical (unpaired) electrons. The highest BCUT2D eigenvalue weighted by Crippen LogP contribution is 2.37. The molecule has 3 unspecified atom stereocenters. The Balaban J connectivity index is 1.90. The molecule has 1 aliphatic heterocycles. The van der Waals surface area contributed by atoms with E-state index in [9.17, 15) is 0 Å². The van der Waals surface area contributed by atoms with Crippen molar-refractivity contribution in [2.45, 2.75) is 65.8 Å². The van der Waals surface area contributed by atoms with Crippen LogP contribution in [0.15, 0.2) is 4.99 Å². The summed E-state index contributed by atoms with van der Waals surface area (Å²) in [6.45, 7) is 10.4. The second-order valence-corrected chi connectivity index (χ2v) is 7.44. The summed E-state index contributed by atoms with van der Waals surface area (Å²) in [4.78, 5) is 4.84. The van der Waals surface area contributed by atoms with Gasteiger partial charge in [-0.15, -0.1) is 0 Å². The van der Waals surface area contributed by atoms with Gasteiger partial charge in [0.25, 0.3) is 0 Å². The molecule has 1 N–H and O–H groups in total. The Labute approximate surface area is 123 Å². The van der Waals surface area contributed by atoms with Crippen LogP contribution in [0.4, 0.5) is 0 Å². The first-order valence-electron chi connectivity index (χ1n) is 8.08. The molecule has 1 saturated carbocycles. The molecule has 2 nitrogen and oxygen atoms in total. The number of rotatable bonds is 4. The summed E-state index contributed by atoms with van der Waals surface area (Å²) in [6.07, 6.45) is 6.55. The zero-order chi connectivity index (χ0) is 13.9. The van der Waals surface area contributed by atoms with Crippen molar-refractivity contribution in [3.8, 4) is 0 Å². The summed E-state index contributed by atoms with van der Waals surface area (Å²) in [7, 11) is 0. The number of aliphatic imine (C=N–C) groups is 1. The summed E-state index contributed by atoms with van der Waals surface area (Å²) >= 11 is 1.96. The third-order valence-corrected chi connectivity index (χ3v) is 6.91. The maximum Gasteiger partial charge on any atom is 0.156 e. The largest absolute Gasteiger partial charge is 0.362 e. The van der Waals surface area contributed by atoms with Gasteiger partial charge in [0.1, 0.15) is 0 Å². The molecule has 2 rings (SSSR count). The van der Waals surface area contributed by atoms with Crippen LogP contribution in [0, 0.1) is 17.3 Å². The van der Waals surface area contributed by atoms with Crippen molar-refractivity contribution in [3.63, 3.8) is 0 Å². The Bertz CT molecular complexity index is 323. The lowest BCUT2D eigenvalue weighted by Crippen LogP contribution is -2.40. The van der Waals surface area contributed by atoms with E-state index in [4.69, 9.17) is 4.99 Å². The molecular weight excluding hydrogens is 252 g/mol. The van der Waals surface area contributed by atoms with E-state index in [0.29, 0.717) is 11.5 Å². The van der Waals surface area contributed by atoms with Crippen molar-refractivity contribution in [1.82, 2.24) is 5.32 Å². The van der Waals surface area contributed by atoms with Gasteiger partial charge in [-0.1, -0.05) is 45.9 Å². The maximum atomic E-state index is 4.84. The van der Waals surface area contributed by atoms with Crippen molar-refractivity contribution in [1.29, 1.82) is 0 Å². The summed E-state index contributed by atoms with van der Waals surface area (Å²) in [5.74, 6) is 2.96. The van der Waals surface area contributed by atoms with E-state index in [1.54, 1.807) is 0 Å². The van der Waals surface area contributed by atoms with Crippen molar-refractivity contribution in [3.05, 3.63) is 0 Å². The van der Waals surface area contributed by atoms with Gasteiger partial charge in [0.05, 0.1) is 0 Å². The normalized spacial score (nSPS) is 34.1. The second-order valence-electron chi connectivity index (χ2n) is 6.47. The highest BCUT2D eigenvalue weighted by molar-refractivity contribution is 8.13. The molecule has 3 heteroatoms. The Morgan fingerprint density at radius 2 is 2.00 bits per heavy atom. The molecule has 3 atom stereocenters. The minimum absolute atomic E-state index is 0.461. The lowest BCUT2D eigenvalue weighted by Gasteiger charge is -2.34. The predicted octanol–water partition coefficient (Wildman–Crippen LogP) is 4.31. The molecule has 1 fully saturated rings. The number of nitrogens with one attached hydrogen (secondary N) is 1. The number of hydrogen-bond acceptors (Lipinski definition) is 3. The fourth-order valence-corrected chi connectivity index (χ4v) is 4.84. The Kier molecular flexibility index (Phi) is 5.22. The molecule has 0 aromatic rings. The number of thioether (sulfide) groups is 1. The topological polar surface area (TPSA) is 24.4 Å². The average molecular weight is 282 g/mol. The smallest absolute Gasteiger partial charge is 0.156 e. The molecule has 0 aromatic carbocycles. The standard InChI is InChI=1S/C16H30N2S/c1-5-13-8-9-14(12(13)4)18-15-17-10-16(6-2,7-3)11-19-15/h12-14H,5-11H2,1-4H3,(H,17,18). The van der Waals surface area contributed by atoms with Gasteiger partial charge < -0.3 is 5.32 Å². The van der Waals surface area contributed by atoms with Crippen LogP contribution in [0.3, 0.4) is 0 Å². The van der Waals surface area contributed by atoms with Gasteiger partial charge in [-0.2, -0.15) is 0 Å². The molecule has 110 valence electrons. The molecule has 19 heavy (non-hydrogen) atoms. The molecule has 0 aromatic heterocycles. The quantitative estimate of drug-likeness (QED) is 0.831. The highest BCUT2D eigenvalue weighted by atomic mass is 32.2. The van der Waals surface area contributed by atoms with E-state index in [1.165, 1.54) is 43.0 Å². The second kappa shape index (κ2) is 6.51. The van der Waals surface area contributed by atoms with Crippen molar-refractivity contribution in [2.24, 2.45) is 22.2 Å². The average Bonchev–Trinajstić information content (AvgIpc) is 2.81. The molecule has 0 spiro atoms. The van der Waals surface area contributed by atoms with Crippen molar-refractivity contribution >= 4 is 16.9 Å². The van der Waals surface area contributed by atoms with Crippen LogP contribution in [-0.2, 0) is 0 Å². The fraction of sp³-hybridized carbons (Fsp3) is 0.938. The molecule has 0 bridgehead atoms. The summed E-state index contributed by atoms with van der Waals surface area (Å²) in [5.41, 5.74) is 0.461. The highest BCUT2D eigenvalue weighted by Gasteiger charge is 2.34. The van der Waals surface area contributed by atoms with Gasteiger partial charge in [-0.3, -0.25) is 4.99 Å². The van der Waals surface area contributed by atoms with E-state index in [-0.39, 0.29) is 0 Å². The van der Waals surface area contributed by atoms with E-state index in [0.717, 1.165) is 18.4 Å². The minimum atomic E-state index is 0.461. The molecule has 1 heterocycles. The van der Waals surface area contributed by atoms with Gasteiger partial charge in [-0.05, 0) is 42.9 Å². The molecular formula is C16H30N2S. The van der Waals surface area contributed by atoms with Crippen LogP contribution < -0.4 is 5.32 Å². The molecule has 2 aliphatic rings. The maximum absolute atomic E-state index is 4.84. The van der Waals surface area contributed by atoms with Crippen LogP contribution in [0.5, 0.6) is 0 Å². The molecule has 0 saturated heterocycles. The molecule has 1 aliphatic carbocycles. The summed E-state index contributed by atoms with van der Waals surface area (Å²) in [6, 6.07) is 0.659. The lowest BCUT2D eigenvalue weighted by molar-refractivity contribution is 0.317. The SMILES string of the molecule is CCC1CCC(NC2=NCC(CC)(CC)CS2)C1C. The number of nitrogens with zero attached hydrogens (tertiary/aromatic N) is 1. The van der Waals surface area contributed by atoms with E-state index in [1.807, 2.05) is 11.8 Å². The van der Waals surface area contributed by atoms with Crippen LogP contribution in [0.2, 0.25) is 0 Å². The van der Waals surface area contributed by atoms with Gasteiger partial charge in [-0.25, -0.2) is 0 Å². The zero-order valence-corrected chi connectivity index (χ0v) is 13.9. The summed E-state index contributed by atoms with van der Waals surface area (Å²) < 4.78 is 0. The molecule has 0 amide bonds. The van der Waals surface area contributed by atoms with Gasteiger partial charge in [0.15, 0.2) is 5.17 Å². The van der Waals surface area contributed by atoms with E-state index < -0.39 is 0 Å². The zero-order valence-electron chi connectivity index (χ0n) is 13.0. The summed E-state index contributed by atoms with van der Waals surface area (Å²) in [5, 5.41) is 4.94. The predicted molar refractivity (Wildman–Crippen MR) is 86.9 cm³/mol. The van der Waals surface area contributed by atoms with Crippen LogP contribution in [-0.4, -0.2) is 23.5 Å². The third kappa shape index (κ3) is 3.29. The van der Waals surface area contributed by atoms with Crippen LogP contribution in [0.1, 0.15) is 59.8 Å². The number of hydrogen-bond donors (Lipinski definition) is 1. The van der Waals surface area contributed by atoms with Crippen LogP contribution >= 0.6 is 11.8 Å². The fourth-order valence-electron chi connectivity index (χ4n) is 3.50. The van der Waals surface area contributed by atoms with E-state index >= 15 is 0 Å². The first-order chi connectivity index (χ1) is 9.14. The minimum Gasteiger partial charge on any atom is -0.362 e. The van der Waals surface area contributed by atoms with Gasteiger partial charge in [0.2, 0.25) is 0 Å². The van der Waals surface area contributed by atoms with E-state index in [2.05, 4.69) is 33.0 Å². The Hall–Kier alpha value is -0.180. The van der Waals surface area contributed by atoms with Gasteiger partial charge >= 0.3 is 0 Å². The van der Waals surface area contributed by atoms with Gasteiger partial charge in [0, 0.05) is 18.3 Å². The Morgan fingerprint density at radius 1 is 1.26 bits per heavy atom. The monoisotopic (exact) mass is 282 g/mol.